The van der Waals surface area contributed by atoms with Crippen molar-refractivity contribution in [2.24, 2.45) is 5.41 Å². The van der Waals surface area contributed by atoms with Gasteiger partial charge in [-0.3, -0.25) is 4.79 Å². The third-order valence-electron chi connectivity index (χ3n) is 2.95. The maximum Gasteiger partial charge on any atom is 0.326 e. The van der Waals surface area contributed by atoms with Crippen LogP contribution in [-0.2, 0) is 11.3 Å². The number of halogens is 1. The molecule has 1 aromatic rings. The first-order valence-corrected chi connectivity index (χ1v) is 6.94. The standard InChI is InChI=1S/C14H21ClN2O3/c1-5-6-17-8-9(15)7-10(17)12(18)16-11(13(19)20)14(2,3)4/h7-8,11H,5-6H2,1-4H3,(H,16,18)(H,19,20)/t11-/m1/s1. The van der Waals surface area contributed by atoms with Gasteiger partial charge in [-0.25, -0.2) is 4.79 Å². The molecule has 0 bridgehead atoms. The predicted octanol–water partition coefficient (Wildman–Crippen LogP) is 2.78. The average Bonchev–Trinajstić information content (AvgIpc) is 2.65. The molecule has 112 valence electrons. The Morgan fingerprint density at radius 2 is 2.05 bits per heavy atom. The van der Waals surface area contributed by atoms with E-state index in [1.165, 1.54) is 0 Å². The number of nitrogens with zero attached hydrogens (tertiary/aromatic N) is 1. The highest BCUT2D eigenvalue weighted by molar-refractivity contribution is 6.31. The number of aryl methyl sites for hydroxylation is 1. The Balaban J connectivity index is 2.98. The Labute approximate surface area is 123 Å². The van der Waals surface area contributed by atoms with Gasteiger partial charge in [-0.1, -0.05) is 39.3 Å². The van der Waals surface area contributed by atoms with Crippen LogP contribution in [0.5, 0.6) is 0 Å². The molecule has 2 N–H and O–H groups in total. The van der Waals surface area contributed by atoms with Crippen LogP contribution in [0.1, 0.15) is 44.6 Å². The van der Waals surface area contributed by atoms with E-state index in [1.807, 2.05) is 6.92 Å². The van der Waals surface area contributed by atoms with Crippen LogP contribution < -0.4 is 5.32 Å². The van der Waals surface area contributed by atoms with Gasteiger partial charge < -0.3 is 15.0 Å². The van der Waals surface area contributed by atoms with Crippen molar-refractivity contribution >= 4 is 23.5 Å². The Morgan fingerprint density at radius 3 is 2.50 bits per heavy atom. The smallest absolute Gasteiger partial charge is 0.326 e. The van der Waals surface area contributed by atoms with Crippen molar-refractivity contribution in [1.29, 1.82) is 0 Å². The maximum atomic E-state index is 12.3. The van der Waals surface area contributed by atoms with Gasteiger partial charge in [0.25, 0.3) is 5.91 Å². The van der Waals surface area contributed by atoms with Gasteiger partial charge in [0, 0.05) is 12.7 Å². The van der Waals surface area contributed by atoms with Crippen molar-refractivity contribution in [3.63, 3.8) is 0 Å². The van der Waals surface area contributed by atoms with Crippen LogP contribution in [-0.4, -0.2) is 27.6 Å². The van der Waals surface area contributed by atoms with Gasteiger partial charge >= 0.3 is 5.97 Å². The van der Waals surface area contributed by atoms with Gasteiger partial charge in [0.05, 0.1) is 5.02 Å². The first kappa shape index (κ1) is 16.6. The first-order valence-electron chi connectivity index (χ1n) is 6.56. The van der Waals surface area contributed by atoms with Crippen LogP contribution in [0, 0.1) is 5.41 Å². The van der Waals surface area contributed by atoms with Crippen molar-refractivity contribution < 1.29 is 14.7 Å². The zero-order valence-electron chi connectivity index (χ0n) is 12.2. The van der Waals surface area contributed by atoms with Gasteiger partial charge in [-0.05, 0) is 17.9 Å². The van der Waals surface area contributed by atoms with Crippen LogP contribution in [0.4, 0.5) is 0 Å². The zero-order valence-corrected chi connectivity index (χ0v) is 13.0. The minimum absolute atomic E-state index is 0.382. The second-order valence-electron chi connectivity index (χ2n) is 5.85. The topological polar surface area (TPSA) is 71.3 Å². The fourth-order valence-electron chi connectivity index (χ4n) is 1.94. The Kier molecular flexibility index (Phi) is 5.22. The minimum atomic E-state index is -1.05. The number of amides is 1. The molecule has 0 saturated heterocycles. The molecule has 0 aliphatic heterocycles. The molecular weight excluding hydrogens is 280 g/mol. The van der Waals surface area contributed by atoms with E-state index >= 15 is 0 Å². The van der Waals surface area contributed by atoms with E-state index in [4.69, 9.17) is 11.6 Å². The van der Waals surface area contributed by atoms with Gasteiger partial charge in [-0.15, -0.1) is 0 Å². The lowest BCUT2D eigenvalue weighted by Gasteiger charge is -2.27. The molecule has 20 heavy (non-hydrogen) atoms. The maximum absolute atomic E-state index is 12.3. The van der Waals surface area contributed by atoms with Gasteiger partial charge in [0.2, 0.25) is 0 Å². The van der Waals surface area contributed by atoms with E-state index in [2.05, 4.69) is 5.32 Å². The number of aromatic nitrogens is 1. The molecule has 6 heteroatoms. The largest absolute Gasteiger partial charge is 0.480 e. The summed E-state index contributed by atoms with van der Waals surface area (Å²) in [7, 11) is 0. The SMILES string of the molecule is CCCn1cc(Cl)cc1C(=O)N[C@H](C(=O)O)C(C)(C)C. The number of nitrogens with one attached hydrogen (secondary N) is 1. The Bertz CT molecular complexity index is 503. The summed E-state index contributed by atoms with van der Waals surface area (Å²) in [6, 6.07) is 0.590. The molecule has 0 aliphatic rings. The second kappa shape index (κ2) is 6.31. The van der Waals surface area contributed by atoms with Crippen molar-refractivity contribution in [3.05, 3.63) is 23.0 Å². The minimum Gasteiger partial charge on any atom is -0.480 e. The van der Waals surface area contributed by atoms with Crippen LogP contribution in [0.3, 0.4) is 0 Å². The molecule has 1 rings (SSSR count). The summed E-state index contributed by atoms with van der Waals surface area (Å²) < 4.78 is 1.74. The zero-order chi connectivity index (χ0) is 15.5. The molecule has 5 nitrogen and oxygen atoms in total. The van der Waals surface area contributed by atoms with Crippen molar-refractivity contribution in [2.45, 2.75) is 46.7 Å². The molecule has 1 aromatic heterocycles. The van der Waals surface area contributed by atoms with Crippen LogP contribution in [0.2, 0.25) is 5.02 Å². The van der Waals surface area contributed by atoms with Crippen LogP contribution in [0.25, 0.3) is 0 Å². The lowest BCUT2D eigenvalue weighted by atomic mass is 9.86. The van der Waals surface area contributed by atoms with Crippen LogP contribution >= 0.6 is 11.6 Å². The quantitative estimate of drug-likeness (QED) is 0.878. The Hall–Kier alpha value is -1.49. The molecule has 1 heterocycles. The monoisotopic (exact) mass is 300 g/mol. The molecule has 0 saturated carbocycles. The lowest BCUT2D eigenvalue weighted by Crippen LogP contribution is -2.49. The third-order valence-corrected chi connectivity index (χ3v) is 3.16. The van der Waals surface area contributed by atoms with E-state index in [1.54, 1.807) is 37.6 Å². The van der Waals surface area contributed by atoms with Crippen molar-refractivity contribution in [3.8, 4) is 0 Å². The number of carboxylic acids is 1. The van der Waals surface area contributed by atoms with Gasteiger partial charge in [-0.2, -0.15) is 0 Å². The molecule has 0 spiro atoms. The third kappa shape index (κ3) is 4.00. The average molecular weight is 301 g/mol. The number of hydrogen-bond donors (Lipinski definition) is 2. The summed E-state index contributed by atoms with van der Waals surface area (Å²) in [5.41, 5.74) is -0.194. The van der Waals surface area contributed by atoms with E-state index in [0.29, 0.717) is 17.3 Å². The highest BCUT2D eigenvalue weighted by Gasteiger charge is 2.33. The normalized spacial score (nSPS) is 13.1. The number of hydrogen-bond acceptors (Lipinski definition) is 2. The van der Waals surface area contributed by atoms with E-state index in [-0.39, 0.29) is 0 Å². The molecule has 1 amide bonds. The molecule has 0 fully saturated rings. The fourth-order valence-corrected chi connectivity index (χ4v) is 2.17. The summed E-state index contributed by atoms with van der Waals surface area (Å²) in [6.45, 7) is 7.95. The summed E-state index contributed by atoms with van der Waals surface area (Å²) in [5.74, 6) is -1.47. The molecule has 0 radical (unpaired) electrons. The van der Waals surface area contributed by atoms with Crippen molar-refractivity contribution in [2.75, 3.05) is 0 Å². The molecule has 0 unspecified atom stereocenters. The molecule has 1 atom stereocenters. The Morgan fingerprint density at radius 1 is 1.45 bits per heavy atom. The van der Waals surface area contributed by atoms with Crippen LogP contribution in [0.15, 0.2) is 12.3 Å². The lowest BCUT2D eigenvalue weighted by molar-refractivity contribution is -0.142. The number of aliphatic carboxylic acids is 1. The molecule has 0 aromatic carbocycles. The number of carbonyl (C=O) groups excluding carboxylic acids is 1. The first-order chi connectivity index (χ1) is 9.16. The predicted molar refractivity (Wildman–Crippen MR) is 78.1 cm³/mol. The van der Waals surface area contributed by atoms with Gasteiger partial charge in [0.15, 0.2) is 0 Å². The fraction of sp³-hybridized carbons (Fsp3) is 0.571. The summed E-state index contributed by atoms with van der Waals surface area (Å²) in [4.78, 5) is 23.5. The highest BCUT2D eigenvalue weighted by Crippen LogP contribution is 2.21. The van der Waals surface area contributed by atoms with E-state index in [9.17, 15) is 14.7 Å². The summed E-state index contributed by atoms with van der Waals surface area (Å²) >= 11 is 5.92. The number of carbonyl (C=O) groups is 2. The molecular formula is C14H21ClN2O3. The number of carboxylic acid groups (broad SMARTS) is 1. The number of rotatable bonds is 5. The summed E-state index contributed by atoms with van der Waals surface area (Å²) in [6.07, 6.45) is 2.53. The molecule has 0 aliphatic carbocycles. The van der Waals surface area contributed by atoms with E-state index in [0.717, 1.165) is 6.42 Å². The summed E-state index contributed by atoms with van der Waals surface area (Å²) in [5, 5.41) is 12.3. The highest BCUT2D eigenvalue weighted by atomic mass is 35.5. The van der Waals surface area contributed by atoms with Crippen molar-refractivity contribution in [1.82, 2.24) is 9.88 Å². The second-order valence-corrected chi connectivity index (χ2v) is 6.28. The van der Waals surface area contributed by atoms with Gasteiger partial charge in [0.1, 0.15) is 11.7 Å². The van der Waals surface area contributed by atoms with E-state index < -0.39 is 23.3 Å².